The normalized spacial score (nSPS) is 10.4. The van der Waals surface area contributed by atoms with Crippen LogP contribution in [0.15, 0.2) is 109 Å². The minimum atomic E-state index is -0.781. The molecule has 0 aliphatic heterocycles. The van der Waals surface area contributed by atoms with E-state index in [1.54, 1.807) is 23.5 Å². The lowest BCUT2D eigenvalue weighted by molar-refractivity contribution is -0.136. The quantitative estimate of drug-likeness (QED) is 0.197. The summed E-state index contributed by atoms with van der Waals surface area (Å²) in [7, 11) is 0. The van der Waals surface area contributed by atoms with Gasteiger partial charge in [-0.2, -0.15) is 0 Å². The van der Waals surface area contributed by atoms with Gasteiger partial charge in [-0.15, -0.1) is 22.7 Å². The van der Waals surface area contributed by atoms with Crippen LogP contribution in [0.25, 0.3) is 20.9 Å². The summed E-state index contributed by atoms with van der Waals surface area (Å²) in [6.45, 7) is 0.557. The van der Waals surface area contributed by atoms with Gasteiger partial charge in [-0.25, -0.2) is 4.39 Å². The SMILES string of the molecule is O=C(Cc1ccc(-c2ccccc2)s1)NCCc1ccc(F)cc1.O=C(O)Cc1ccc(-c2ccccc2)s1. The van der Waals surface area contributed by atoms with Gasteiger partial charge in [0, 0.05) is 26.1 Å². The second kappa shape index (κ2) is 14.2. The Bertz CT molecular complexity index is 1480. The summed E-state index contributed by atoms with van der Waals surface area (Å²) in [6, 6.07) is 34.4. The summed E-state index contributed by atoms with van der Waals surface area (Å²) in [5.74, 6) is -1.01. The fraction of sp³-hybridized carbons (Fsp3) is 0.125. The van der Waals surface area contributed by atoms with Crippen LogP contribution in [-0.4, -0.2) is 23.5 Å². The third kappa shape index (κ3) is 9.02. The van der Waals surface area contributed by atoms with E-state index in [2.05, 4.69) is 23.5 Å². The summed E-state index contributed by atoms with van der Waals surface area (Å²) < 4.78 is 12.8. The van der Waals surface area contributed by atoms with E-state index in [-0.39, 0.29) is 18.1 Å². The molecule has 2 heterocycles. The van der Waals surface area contributed by atoms with Gasteiger partial charge in [-0.05, 0) is 59.5 Å². The number of hydrogen-bond donors (Lipinski definition) is 2. The van der Waals surface area contributed by atoms with Crippen molar-refractivity contribution in [1.82, 2.24) is 5.32 Å². The molecule has 0 aliphatic rings. The number of rotatable bonds is 9. The number of thiophene rings is 2. The van der Waals surface area contributed by atoms with Gasteiger partial charge in [0.15, 0.2) is 0 Å². The highest BCUT2D eigenvalue weighted by Crippen LogP contribution is 2.29. The molecular weight excluding hydrogens is 529 g/mol. The predicted molar refractivity (Wildman–Crippen MR) is 158 cm³/mol. The van der Waals surface area contributed by atoms with E-state index in [1.165, 1.54) is 33.9 Å². The van der Waals surface area contributed by atoms with E-state index >= 15 is 0 Å². The standard InChI is InChI=1S/C20H18FNOS.C12H10O2S/c21-17-8-6-15(7-9-17)12-13-22-20(23)14-18-10-11-19(24-18)16-4-2-1-3-5-16;13-12(14)8-10-6-7-11(15-10)9-4-2-1-3-5-9/h1-11H,12-14H2,(H,22,23);1-7H,8H2,(H,13,14). The maximum absolute atomic E-state index is 12.8. The first-order valence-electron chi connectivity index (χ1n) is 12.5. The predicted octanol–water partition coefficient (Wildman–Crippen LogP) is 7.50. The first-order valence-corrected chi connectivity index (χ1v) is 14.1. The van der Waals surface area contributed by atoms with Crippen LogP contribution in [0.5, 0.6) is 0 Å². The molecule has 0 aliphatic carbocycles. The van der Waals surface area contributed by atoms with E-state index in [4.69, 9.17) is 5.11 Å². The maximum atomic E-state index is 12.8. The molecule has 4 nitrogen and oxygen atoms in total. The molecule has 3 aromatic carbocycles. The number of carboxylic acid groups (broad SMARTS) is 1. The molecule has 0 unspecified atom stereocenters. The zero-order valence-electron chi connectivity index (χ0n) is 21.2. The number of hydrogen-bond acceptors (Lipinski definition) is 4. The van der Waals surface area contributed by atoms with Crippen molar-refractivity contribution in [3.63, 3.8) is 0 Å². The lowest BCUT2D eigenvalue weighted by atomic mass is 10.1. The average molecular weight is 558 g/mol. The molecule has 0 atom stereocenters. The van der Waals surface area contributed by atoms with Gasteiger partial charge in [0.1, 0.15) is 5.82 Å². The topological polar surface area (TPSA) is 66.4 Å². The molecule has 2 aromatic heterocycles. The van der Waals surface area contributed by atoms with Crippen molar-refractivity contribution in [2.24, 2.45) is 0 Å². The van der Waals surface area contributed by atoms with Crippen LogP contribution in [0.3, 0.4) is 0 Å². The maximum Gasteiger partial charge on any atom is 0.308 e. The van der Waals surface area contributed by atoms with E-state index in [9.17, 15) is 14.0 Å². The van der Waals surface area contributed by atoms with Gasteiger partial charge >= 0.3 is 5.97 Å². The Hall–Kier alpha value is -4.07. The minimum absolute atomic E-state index is 0.0126. The molecular formula is C32H28FNO3S2. The number of carboxylic acids is 1. The van der Waals surface area contributed by atoms with Crippen molar-refractivity contribution in [1.29, 1.82) is 0 Å². The number of amides is 1. The lowest BCUT2D eigenvalue weighted by Gasteiger charge is -2.04. The van der Waals surface area contributed by atoms with Gasteiger partial charge in [0.25, 0.3) is 0 Å². The summed E-state index contributed by atoms with van der Waals surface area (Å²) in [5.41, 5.74) is 3.32. The number of carbonyl (C=O) groups excluding carboxylic acids is 1. The monoisotopic (exact) mass is 557 g/mol. The molecule has 7 heteroatoms. The van der Waals surface area contributed by atoms with Gasteiger partial charge in [0.2, 0.25) is 5.91 Å². The molecule has 0 radical (unpaired) electrons. The van der Waals surface area contributed by atoms with Gasteiger partial charge in [0.05, 0.1) is 12.8 Å². The highest BCUT2D eigenvalue weighted by molar-refractivity contribution is 7.15. The van der Waals surface area contributed by atoms with Gasteiger partial charge < -0.3 is 10.4 Å². The smallest absolute Gasteiger partial charge is 0.308 e. The van der Waals surface area contributed by atoms with Crippen LogP contribution in [0, 0.1) is 5.82 Å². The van der Waals surface area contributed by atoms with Crippen LogP contribution in [-0.2, 0) is 28.9 Å². The summed E-state index contributed by atoms with van der Waals surface area (Å²) >= 11 is 3.18. The summed E-state index contributed by atoms with van der Waals surface area (Å²) in [5, 5.41) is 11.6. The number of halogens is 1. The molecule has 0 fully saturated rings. The molecule has 0 saturated carbocycles. The Balaban J connectivity index is 0.000000202. The van der Waals surface area contributed by atoms with Crippen LogP contribution >= 0.6 is 22.7 Å². The Labute approximate surface area is 235 Å². The fourth-order valence-electron chi connectivity index (χ4n) is 3.83. The van der Waals surface area contributed by atoms with Crippen molar-refractivity contribution in [2.75, 3.05) is 6.54 Å². The Morgan fingerprint density at radius 2 is 1.18 bits per heavy atom. The number of benzene rings is 3. The Morgan fingerprint density at radius 1 is 0.667 bits per heavy atom. The van der Waals surface area contributed by atoms with Gasteiger partial charge in [-0.1, -0.05) is 72.8 Å². The molecule has 198 valence electrons. The van der Waals surface area contributed by atoms with Crippen molar-refractivity contribution in [3.8, 4) is 20.9 Å². The highest BCUT2D eigenvalue weighted by atomic mass is 32.1. The van der Waals surface area contributed by atoms with E-state index in [0.717, 1.165) is 25.8 Å². The van der Waals surface area contributed by atoms with E-state index < -0.39 is 5.97 Å². The second-order valence-corrected chi connectivity index (χ2v) is 11.1. The molecule has 0 spiro atoms. The molecule has 0 bridgehead atoms. The highest BCUT2D eigenvalue weighted by Gasteiger charge is 2.08. The molecule has 2 N–H and O–H groups in total. The third-order valence-electron chi connectivity index (χ3n) is 5.75. The minimum Gasteiger partial charge on any atom is -0.481 e. The zero-order chi connectivity index (χ0) is 27.5. The fourth-order valence-corrected chi connectivity index (χ4v) is 5.84. The Kier molecular flexibility index (Phi) is 10.2. The summed E-state index contributed by atoms with van der Waals surface area (Å²) in [6.07, 6.45) is 1.20. The first-order chi connectivity index (χ1) is 19.0. The van der Waals surface area contributed by atoms with Crippen LogP contribution < -0.4 is 5.32 Å². The number of aliphatic carboxylic acids is 1. The summed E-state index contributed by atoms with van der Waals surface area (Å²) in [4.78, 5) is 26.8. The number of nitrogens with one attached hydrogen (secondary N) is 1. The second-order valence-electron chi connectivity index (χ2n) is 8.74. The third-order valence-corrected chi connectivity index (χ3v) is 8.02. The average Bonchev–Trinajstić information content (AvgIpc) is 3.61. The number of carbonyl (C=O) groups is 2. The Morgan fingerprint density at radius 3 is 1.69 bits per heavy atom. The zero-order valence-corrected chi connectivity index (χ0v) is 22.8. The van der Waals surface area contributed by atoms with Crippen molar-refractivity contribution < 1.29 is 19.1 Å². The molecule has 39 heavy (non-hydrogen) atoms. The van der Waals surface area contributed by atoms with Crippen LogP contribution in [0.1, 0.15) is 15.3 Å². The van der Waals surface area contributed by atoms with E-state index in [1.807, 2.05) is 66.7 Å². The molecule has 0 saturated heterocycles. The van der Waals surface area contributed by atoms with Crippen molar-refractivity contribution in [3.05, 3.63) is 130 Å². The molecule has 5 rings (SSSR count). The first kappa shape index (κ1) is 28.0. The van der Waals surface area contributed by atoms with Gasteiger partial charge in [-0.3, -0.25) is 9.59 Å². The van der Waals surface area contributed by atoms with E-state index in [0.29, 0.717) is 19.4 Å². The van der Waals surface area contributed by atoms with Crippen LogP contribution in [0.2, 0.25) is 0 Å². The molecule has 1 amide bonds. The van der Waals surface area contributed by atoms with Crippen molar-refractivity contribution >= 4 is 34.6 Å². The van der Waals surface area contributed by atoms with Crippen molar-refractivity contribution in [2.45, 2.75) is 19.3 Å². The molecule has 5 aromatic rings. The lowest BCUT2D eigenvalue weighted by Crippen LogP contribution is -2.26. The van der Waals surface area contributed by atoms with Crippen LogP contribution in [0.4, 0.5) is 4.39 Å². The largest absolute Gasteiger partial charge is 0.481 e.